The third-order valence-corrected chi connectivity index (χ3v) is 3.06. The minimum Gasteiger partial charge on any atom is -0.468 e. The molecule has 0 saturated carbocycles. The Hall–Kier alpha value is -1.79. The van der Waals surface area contributed by atoms with Gasteiger partial charge in [-0.05, 0) is 36.6 Å². The molecule has 1 aliphatic rings. The van der Waals surface area contributed by atoms with Crippen LogP contribution in [-0.2, 0) is 22.4 Å². The number of benzene rings is 1. The van der Waals surface area contributed by atoms with Crippen LogP contribution in [0.1, 0.15) is 18.1 Å². The van der Waals surface area contributed by atoms with Crippen LogP contribution >= 0.6 is 0 Å². The van der Waals surface area contributed by atoms with Gasteiger partial charge in [0.25, 0.3) is 0 Å². The number of rotatable bonds is 4. The summed E-state index contributed by atoms with van der Waals surface area (Å²) in [4.78, 5) is 13.3. The first-order valence-corrected chi connectivity index (χ1v) is 6.47. The van der Waals surface area contributed by atoms with Gasteiger partial charge in [0.2, 0.25) is 0 Å². The topological polar surface area (TPSA) is 68.2 Å². The van der Waals surface area contributed by atoms with Crippen LogP contribution in [0.2, 0.25) is 0 Å². The Morgan fingerprint density at radius 1 is 1.45 bits per heavy atom. The molecule has 0 spiro atoms. The van der Waals surface area contributed by atoms with Gasteiger partial charge < -0.3 is 24.2 Å². The molecule has 0 aromatic heterocycles. The molecule has 1 aromatic carbocycles. The molecule has 1 atom stereocenters. The number of ether oxygens (including phenoxy) is 3. The Balaban J connectivity index is 2.05. The van der Waals surface area contributed by atoms with Crippen molar-refractivity contribution < 1.29 is 24.1 Å². The minimum atomic E-state index is -1.10. The average molecular weight is 281 g/mol. The van der Waals surface area contributed by atoms with Crippen LogP contribution in [0, 0.1) is 0 Å². The lowest BCUT2D eigenvalue weighted by atomic mass is 10.00. The SMILES string of the molecule is COCOc1ccc2c(c1)CN(C(=O)OC(C)O)CC2. The van der Waals surface area contributed by atoms with Crippen LogP contribution in [0.5, 0.6) is 5.75 Å². The summed E-state index contributed by atoms with van der Waals surface area (Å²) in [7, 11) is 1.56. The first-order chi connectivity index (χ1) is 9.60. The largest absolute Gasteiger partial charge is 0.468 e. The summed E-state index contributed by atoms with van der Waals surface area (Å²) in [6.45, 7) is 2.63. The molecular weight excluding hydrogens is 262 g/mol. The Bertz CT molecular complexity index is 475. The fourth-order valence-corrected chi connectivity index (χ4v) is 2.13. The van der Waals surface area contributed by atoms with Gasteiger partial charge in [-0.25, -0.2) is 4.79 Å². The monoisotopic (exact) mass is 281 g/mol. The van der Waals surface area contributed by atoms with Gasteiger partial charge in [-0.2, -0.15) is 0 Å². The number of fused-ring (bicyclic) bond motifs is 1. The number of hydrogen-bond acceptors (Lipinski definition) is 5. The summed E-state index contributed by atoms with van der Waals surface area (Å²) in [6.07, 6.45) is -0.844. The molecule has 0 bridgehead atoms. The number of methoxy groups -OCH3 is 1. The summed E-state index contributed by atoms with van der Waals surface area (Å²) >= 11 is 0. The van der Waals surface area contributed by atoms with Crippen molar-refractivity contribution in [2.75, 3.05) is 20.4 Å². The van der Waals surface area contributed by atoms with Crippen LogP contribution in [0.15, 0.2) is 18.2 Å². The Morgan fingerprint density at radius 3 is 2.95 bits per heavy atom. The van der Waals surface area contributed by atoms with Gasteiger partial charge in [-0.15, -0.1) is 0 Å². The average Bonchev–Trinajstić information content (AvgIpc) is 2.43. The molecular formula is C14H19NO5. The summed E-state index contributed by atoms with van der Waals surface area (Å²) in [6, 6.07) is 5.79. The van der Waals surface area contributed by atoms with Crippen molar-refractivity contribution in [2.24, 2.45) is 0 Å². The molecule has 0 fully saturated rings. The van der Waals surface area contributed by atoms with E-state index in [2.05, 4.69) is 0 Å². The van der Waals surface area contributed by atoms with E-state index in [0.717, 1.165) is 12.0 Å². The normalized spacial score (nSPS) is 15.4. The predicted molar refractivity (Wildman–Crippen MR) is 71.2 cm³/mol. The zero-order valence-electron chi connectivity index (χ0n) is 11.7. The number of amides is 1. The number of hydrogen-bond donors (Lipinski definition) is 1. The Kier molecular flexibility index (Phi) is 4.81. The molecule has 1 aromatic rings. The maximum atomic E-state index is 11.8. The number of nitrogens with zero attached hydrogens (tertiary/aromatic N) is 1. The summed E-state index contributed by atoms with van der Waals surface area (Å²) < 4.78 is 15.0. The molecule has 0 saturated heterocycles. The van der Waals surface area contributed by atoms with Crippen LogP contribution in [0.3, 0.4) is 0 Å². The number of aliphatic hydroxyl groups is 1. The van der Waals surface area contributed by atoms with Crippen LogP contribution in [0.4, 0.5) is 4.79 Å². The highest BCUT2D eigenvalue weighted by molar-refractivity contribution is 5.68. The minimum absolute atomic E-state index is 0.187. The van der Waals surface area contributed by atoms with Crippen molar-refractivity contribution in [2.45, 2.75) is 26.2 Å². The second-order valence-corrected chi connectivity index (χ2v) is 4.64. The molecule has 1 heterocycles. The highest BCUT2D eigenvalue weighted by atomic mass is 16.7. The number of aliphatic hydroxyl groups excluding tert-OH is 1. The van der Waals surface area contributed by atoms with Gasteiger partial charge in [0.05, 0.1) is 0 Å². The van der Waals surface area contributed by atoms with Gasteiger partial charge in [-0.1, -0.05) is 6.07 Å². The van der Waals surface area contributed by atoms with E-state index in [1.165, 1.54) is 12.5 Å². The number of carbonyl (C=O) groups is 1. The van der Waals surface area contributed by atoms with E-state index in [0.29, 0.717) is 18.8 Å². The molecule has 110 valence electrons. The molecule has 1 amide bonds. The fraction of sp³-hybridized carbons (Fsp3) is 0.500. The van der Waals surface area contributed by atoms with E-state index < -0.39 is 12.4 Å². The summed E-state index contributed by atoms with van der Waals surface area (Å²) in [5.41, 5.74) is 2.21. The van der Waals surface area contributed by atoms with Crippen molar-refractivity contribution in [3.63, 3.8) is 0 Å². The van der Waals surface area contributed by atoms with Crippen molar-refractivity contribution in [1.29, 1.82) is 0 Å². The maximum Gasteiger partial charge on any atom is 0.412 e. The van der Waals surface area contributed by atoms with Crippen molar-refractivity contribution >= 4 is 6.09 Å². The van der Waals surface area contributed by atoms with E-state index in [1.807, 2.05) is 18.2 Å². The van der Waals surface area contributed by atoms with Gasteiger partial charge in [0.15, 0.2) is 13.1 Å². The van der Waals surface area contributed by atoms with Crippen LogP contribution in [0.25, 0.3) is 0 Å². The first-order valence-electron chi connectivity index (χ1n) is 6.47. The summed E-state index contributed by atoms with van der Waals surface area (Å²) in [5.74, 6) is 0.705. The smallest absolute Gasteiger partial charge is 0.412 e. The molecule has 1 N–H and O–H groups in total. The van der Waals surface area contributed by atoms with Crippen LogP contribution < -0.4 is 4.74 Å². The molecule has 0 radical (unpaired) electrons. The standard InChI is InChI=1S/C14H19NO5/c1-10(16)20-14(17)15-6-5-11-3-4-13(19-9-18-2)7-12(11)8-15/h3-4,7,10,16H,5-6,8-9H2,1-2H3. The maximum absolute atomic E-state index is 11.8. The van der Waals surface area contributed by atoms with E-state index in [1.54, 1.807) is 12.0 Å². The number of carbonyl (C=O) groups excluding carboxylic acids is 1. The van der Waals surface area contributed by atoms with Gasteiger partial charge in [0.1, 0.15) is 5.75 Å². The molecule has 1 aliphatic heterocycles. The van der Waals surface area contributed by atoms with Crippen molar-refractivity contribution in [1.82, 2.24) is 4.90 Å². The molecule has 20 heavy (non-hydrogen) atoms. The van der Waals surface area contributed by atoms with Gasteiger partial charge in [-0.3, -0.25) is 0 Å². The second-order valence-electron chi connectivity index (χ2n) is 4.64. The second kappa shape index (κ2) is 6.58. The van der Waals surface area contributed by atoms with Gasteiger partial charge in [0, 0.05) is 20.2 Å². The van der Waals surface area contributed by atoms with Crippen molar-refractivity contribution in [3.05, 3.63) is 29.3 Å². The first kappa shape index (κ1) is 14.6. The highest BCUT2D eigenvalue weighted by Crippen LogP contribution is 2.24. The molecule has 0 aliphatic carbocycles. The lowest BCUT2D eigenvalue weighted by molar-refractivity contribution is -0.0519. The fourth-order valence-electron chi connectivity index (χ4n) is 2.13. The lowest BCUT2D eigenvalue weighted by Crippen LogP contribution is -2.37. The molecule has 2 rings (SSSR count). The molecule has 6 nitrogen and oxygen atoms in total. The van der Waals surface area contributed by atoms with E-state index in [-0.39, 0.29) is 6.79 Å². The molecule has 1 unspecified atom stereocenters. The third-order valence-electron chi connectivity index (χ3n) is 3.06. The zero-order chi connectivity index (χ0) is 14.5. The Labute approximate surface area is 117 Å². The van der Waals surface area contributed by atoms with E-state index in [9.17, 15) is 4.79 Å². The Morgan fingerprint density at radius 2 is 2.25 bits per heavy atom. The van der Waals surface area contributed by atoms with Crippen molar-refractivity contribution in [3.8, 4) is 5.75 Å². The van der Waals surface area contributed by atoms with E-state index in [4.69, 9.17) is 19.3 Å². The highest BCUT2D eigenvalue weighted by Gasteiger charge is 2.23. The predicted octanol–water partition coefficient (Wildman–Crippen LogP) is 1.50. The zero-order valence-corrected chi connectivity index (χ0v) is 11.7. The quantitative estimate of drug-likeness (QED) is 0.847. The third kappa shape index (κ3) is 3.61. The van der Waals surface area contributed by atoms with E-state index >= 15 is 0 Å². The molecule has 6 heteroatoms. The summed E-state index contributed by atoms with van der Waals surface area (Å²) in [5, 5.41) is 9.09. The lowest BCUT2D eigenvalue weighted by Gasteiger charge is -2.28. The van der Waals surface area contributed by atoms with Crippen LogP contribution in [-0.4, -0.2) is 42.8 Å². The van der Waals surface area contributed by atoms with Gasteiger partial charge >= 0.3 is 6.09 Å².